The van der Waals surface area contributed by atoms with Gasteiger partial charge in [-0.3, -0.25) is 9.69 Å². The minimum atomic E-state index is -3.41. The van der Waals surface area contributed by atoms with E-state index in [1.807, 2.05) is 30.3 Å². The molecule has 8 heteroatoms. The fraction of sp³-hybridized carbons (Fsp3) is 0.654. The Bertz CT molecular complexity index is 911. The fourth-order valence-corrected chi connectivity index (χ4v) is 6.23. The summed E-state index contributed by atoms with van der Waals surface area (Å²) >= 11 is 0. The number of morpholine rings is 1. The maximum Gasteiger partial charge on any atom is 0.220 e. The highest BCUT2D eigenvalue weighted by Crippen LogP contribution is 2.38. The Morgan fingerprint density at radius 3 is 2.56 bits per heavy atom. The number of hydrogen-bond acceptors (Lipinski definition) is 5. The van der Waals surface area contributed by atoms with E-state index in [4.69, 9.17) is 4.74 Å². The first-order valence-electron chi connectivity index (χ1n) is 12.5. The SMILES string of the molecule is CC1=CC(CNS(=O)(=O)Cc2ccccc2)C(C(C)C)CC1CC(=O)NCCN1CCOCC1. The molecular weight excluding hydrogens is 450 g/mol. The molecule has 2 aliphatic rings. The fourth-order valence-electron chi connectivity index (χ4n) is 5.05. The van der Waals surface area contributed by atoms with Crippen molar-refractivity contribution in [3.05, 3.63) is 47.5 Å². The number of carbonyl (C=O) groups is 1. The number of ether oxygens (including phenoxy) is 1. The van der Waals surface area contributed by atoms with Gasteiger partial charge in [-0.05, 0) is 42.6 Å². The van der Waals surface area contributed by atoms with Crippen LogP contribution in [0.3, 0.4) is 0 Å². The van der Waals surface area contributed by atoms with Crippen molar-refractivity contribution >= 4 is 15.9 Å². The second-order valence-electron chi connectivity index (χ2n) is 10.0. The Hall–Kier alpha value is -1.74. The summed E-state index contributed by atoms with van der Waals surface area (Å²) in [4.78, 5) is 14.9. The zero-order valence-electron chi connectivity index (χ0n) is 20.8. The first-order chi connectivity index (χ1) is 16.2. The van der Waals surface area contributed by atoms with Crippen molar-refractivity contribution in [1.82, 2.24) is 14.9 Å². The highest BCUT2D eigenvalue weighted by molar-refractivity contribution is 7.88. The number of nitrogens with zero attached hydrogens (tertiary/aromatic N) is 1. The van der Waals surface area contributed by atoms with Gasteiger partial charge in [-0.1, -0.05) is 55.8 Å². The van der Waals surface area contributed by atoms with E-state index in [0.717, 1.165) is 44.8 Å². The number of allylic oxidation sites excluding steroid dienone is 1. The molecule has 2 N–H and O–H groups in total. The van der Waals surface area contributed by atoms with Crippen molar-refractivity contribution in [2.24, 2.45) is 23.7 Å². The highest BCUT2D eigenvalue weighted by Gasteiger charge is 2.33. The summed E-state index contributed by atoms with van der Waals surface area (Å²) in [5.74, 6) is 1.15. The molecule has 190 valence electrons. The lowest BCUT2D eigenvalue weighted by Crippen LogP contribution is -2.42. The molecule has 1 aliphatic carbocycles. The normalized spacial score (nSPS) is 24.1. The minimum absolute atomic E-state index is 0.0111. The predicted molar refractivity (Wildman–Crippen MR) is 136 cm³/mol. The van der Waals surface area contributed by atoms with E-state index in [1.54, 1.807) is 0 Å². The molecule has 0 bridgehead atoms. The monoisotopic (exact) mass is 491 g/mol. The van der Waals surface area contributed by atoms with Gasteiger partial charge in [-0.15, -0.1) is 0 Å². The van der Waals surface area contributed by atoms with Crippen LogP contribution < -0.4 is 10.0 Å². The molecule has 0 spiro atoms. The molecule has 34 heavy (non-hydrogen) atoms. The summed E-state index contributed by atoms with van der Waals surface area (Å²) < 4.78 is 33.5. The van der Waals surface area contributed by atoms with Gasteiger partial charge < -0.3 is 10.1 Å². The van der Waals surface area contributed by atoms with Crippen LogP contribution in [0, 0.1) is 23.7 Å². The number of carbonyl (C=O) groups excluding carboxylic acids is 1. The average molecular weight is 492 g/mol. The van der Waals surface area contributed by atoms with Crippen molar-refractivity contribution in [2.45, 2.75) is 39.4 Å². The van der Waals surface area contributed by atoms with E-state index < -0.39 is 10.0 Å². The Morgan fingerprint density at radius 1 is 1.18 bits per heavy atom. The molecule has 3 unspecified atom stereocenters. The van der Waals surface area contributed by atoms with Gasteiger partial charge in [0.2, 0.25) is 15.9 Å². The minimum Gasteiger partial charge on any atom is -0.379 e. The van der Waals surface area contributed by atoms with Gasteiger partial charge in [0.05, 0.1) is 19.0 Å². The van der Waals surface area contributed by atoms with E-state index in [2.05, 4.69) is 41.8 Å². The van der Waals surface area contributed by atoms with E-state index in [-0.39, 0.29) is 23.5 Å². The summed E-state index contributed by atoms with van der Waals surface area (Å²) in [6.45, 7) is 11.7. The van der Waals surface area contributed by atoms with Crippen molar-refractivity contribution in [3.63, 3.8) is 0 Å². The molecule has 3 atom stereocenters. The standard InChI is InChI=1S/C26H41N3O4S/c1-20(2)25-16-23(17-26(30)27-9-10-29-11-13-33-14-12-29)21(3)15-24(25)18-28-34(31,32)19-22-7-5-4-6-8-22/h4-8,15,20,23-25,28H,9-14,16-19H2,1-3H3,(H,27,30). The second kappa shape index (κ2) is 12.8. The van der Waals surface area contributed by atoms with Crippen LogP contribution in [-0.2, 0) is 25.3 Å². The van der Waals surface area contributed by atoms with Crippen molar-refractivity contribution in [1.29, 1.82) is 0 Å². The molecule has 0 aromatic heterocycles. The van der Waals surface area contributed by atoms with Gasteiger partial charge in [-0.2, -0.15) is 0 Å². The van der Waals surface area contributed by atoms with E-state index >= 15 is 0 Å². The summed E-state index contributed by atoms with van der Waals surface area (Å²) in [6.07, 6.45) is 3.59. The van der Waals surface area contributed by atoms with Gasteiger partial charge in [0.25, 0.3) is 0 Å². The van der Waals surface area contributed by atoms with Crippen LogP contribution in [0.2, 0.25) is 0 Å². The lowest BCUT2D eigenvalue weighted by Gasteiger charge is -2.37. The molecule has 1 aliphatic heterocycles. The molecule has 0 saturated carbocycles. The van der Waals surface area contributed by atoms with Gasteiger partial charge in [0, 0.05) is 39.1 Å². The van der Waals surface area contributed by atoms with Gasteiger partial charge in [0.1, 0.15) is 0 Å². The van der Waals surface area contributed by atoms with Crippen molar-refractivity contribution in [2.75, 3.05) is 45.9 Å². The predicted octanol–water partition coefficient (Wildman–Crippen LogP) is 2.80. The molecule has 1 aromatic rings. The van der Waals surface area contributed by atoms with Gasteiger partial charge in [0.15, 0.2) is 0 Å². The zero-order chi connectivity index (χ0) is 24.6. The summed E-state index contributed by atoms with van der Waals surface area (Å²) in [7, 11) is -3.41. The van der Waals surface area contributed by atoms with Crippen LogP contribution in [0.25, 0.3) is 0 Å². The second-order valence-corrected chi connectivity index (χ2v) is 11.8. The first kappa shape index (κ1) is 26.9. The van der Waals surface area contributed by atoms with Crippen LogP contribution in [0.4, 0.5) is 0 Å². The molecule has 1 heterocycles. The molecule has 1 fully saturated rings. The van der Waals surface area contributed by atoms with E-state index in [0.29, 0.717) is 31.3 Å². The number of rotatable bonds is 11. The quantitative estimate of drug-likeness (QED) is 0.465. The van der Waals surface area contributed by atoms with Crippen molar-refractivity contribution < 1.29 is 17.9 Å². The third kappa shape index (κ3) is 8.48. The molecule has 0 radical (unpaired) electrons. The van der Waals surface area contributed by atoms with Crippen molar-refractivity contribution in [3.8, 4) is 0 Å². The molecule has 7 nitrogen and oxygen atoms in total. The van der Waals surface area contributed by atoms with Crippen LogP contribution in [0.1, 0.15) is 39.2 Å². The van der Waals surface area contributed by atoms with Gasteiger partial charge >= 0.3 is 0 Å². The van der Waals surface area contributed by atoms with Crippen LogP contribution in [-0.4, -0.2) is 65.2 Å². The number of amides is 1. The first-order valence-corrected chi connectivity index (χ1v) is 14.1. The topological polar surface area (TPSA) is 87.7 Å². The Balaban J connectivity index is 1.51. The number of benzene rings is 1. The molecule has 1 amide bonds. The Kier molecular flexibility index (Phi) is 10.1. The third-order valence-corrected chi connectivity index (χ3v) is 8.43. The lowest BCUT2D eigenvalue weighted by molar-refractivity contribution is -0.122. The number of sulfonamides is 1. The molecular formula is C26H41N3O4S. The van der Waals surface area contributed by atoms with Crippen LogP contribution in [0.15, 0.2) is 42.0 Å². The van der Waals surface area contributed by atoms with Gasteiger partial charge in [-0.25, -0.2) is 13.1 Å². The maximum atomic E-state index is 12.6. The summed E-state index contributed by atoms with van der Waals surface area (Å²) in [5, 5.41) is 3.08. The molecule has 1 saturated heterocycles. The zero-order valence-corrected chi connectivity index (χ0v) is 21.6. The van der Waals surface area contributed by atoms with E-state index in [9.17, 15) is 13.2 Å². The van der Waals surface area contributed by atoms with E-state index in [1.165, 1.54) is 5.57 Å². The summed E-state index contributed by atoms with van der Waals surface area (Å²) in [5.41, 5.74) is 1.97. The molecule has 3 rings (SSSR count). The number of nitrogens with one attached hydrogen (secondary N) is 2. The Labute approximate surface area is 205 Å². The average Bonchev–Trinajstić information content (AvgIpc) is 2.80. The lowest BCUT2D eigenvalue weighted by atomic mass is 9.70. The molecule has 1 aromatic carbocycles. The summed E-state index contributed by atoms with van der Waals surface area (Å²) in [6, 6.07) is 9.25. The van der Waals surface area contributed by atoms with Crippen LogP contribution >= 0.6 is 0 Å². The largest absolute Gasteiger partial charge is 0.379 e. The maximum absolute atomic E-state index is 12.6. The highest BCUT2D eigenvalue weighted by atomic mass is 32.2. The van der Waals surface area contributed by atoms with Crippen LogP contribution in [0.5, 0.6) is 0 Å². The number of hydrogen-bond donors (Lipinski definition) is 2. The Morgan fingerprint density at radius 2 is 1.88 bits per heavy atom. The smallest absolute Gasteiger partial charge is 0.220 e. The third-order valence-electron chi connectivity index (χ3n) is 7.11.